The Kier molecular flexibility index (Phi) is 4.79. The van der Waals surface area contributed by atoms with Crippen LogP contribution in [0.1, 0.15) is 23.4 Å². The van der Waals surface area contributed by atoms with Crippen molar-refractivity contribution in [1.29, 1.82) is 0 Å². The minimum atomic E-state index is -1.12. The molecular formula is C13H17N3O4S. The van der Waals surface area contributed by atoms with Crippen LogP contribution >= 0.6 is 11.3 Å². The summed E-state index contributed by atoms with van der Waals surface area (Å²) in [5, 5.41) is 15.2. The third-order valence-corrected chi connectivity index (χ3v) is 4.37. The van der Waals surface area contributed by atoms with Crippen LogP contribution in [0.4, 0.5) is 4.79 Å². The lowest BCUT2D eigenvalue weighted by atomic mass is 10.0. The van der Waals surface area contributed by atoms with Gasteiger partial charge in [0.05, 0.1) is 12.6 Å². The lowest BCUT2D eigenvalue weighted by Gasteiger charge is -2.33. The first kappa shape index (κ1) is 15.3. The Morgan fingerprint density at radius 2 is 2.14 bits per heavy atom. The highest BCUT2D eigenvalue weighted by atomic mass is 32.1. The third kappa shape index (κ3) is 3.72. The molecule has 8 heteroatoms. The van der Waals surface area contributed by atoms with Crippen molar-refractivity contribution in [2.45, 2.75) is 19.4 Å². The number of carboxylic acids is 1. The Morgan fingerprint density at radius 3 is 2.86 bits per heavy atom. The summed E-state index contributed by atoms with van der Waals surface area (Å²) in [4.78, 5) is 36.8. The van der Waals surface area contributed by atoms with Gasteiger partial charge in [-0.05, 0) is 30.4 Å². The number of rotatable bonds is 4. The van der Waals surface area contributed by atoms with Crippen molar-refractivity contribution in [3.8, 4) is 0 Å². The van der Waals surface area contributed by atoms with E-state index in [4.69, 9.17) is 5.11 Å². The molecule has 0 aliphatic carbocycles. The van der Waals surface area contributed by atoms with Crippen LogP contribution in [0.5, 0.6) is 0 Å². The number of carbonyl (C=O) groups is 3. The van der Waals surface area contributed by atoms with Crippen LogP contribution in [0.25, 0.3) is 0 Å². The predicted octanol–water partition coefficient (Wildman–Crippen LogP) is 0.578. The monoisotopic (exact) mass is 311 g/mol. The van der Waals surface area contributed by atoms with Crippen molar-refractivity contribution in [2.75, 3.05) is 19.6 Å². The summed E-state index contributed by atoms with van der Waals surface area (Å²) in [5.41, 5.74) is 1.15. The van der Waals surface area contributed by atoms with E-state index in [1.165, 1.54) is 4.88 Å². The first-order valence-corrected chi connectivity index (χ1v) is 7.46. The highest BCUT2D eigenvalue weighted by Crippen LogP contribution is 2.32. The molecule has 0 aromatic carbocycles. The van der Waals surface area contributed by atoms with Crippen molar-refractivity contribution < 1.29 is 19.5 Å². The average molecular weight is 311 g/mol. The second kappa shape index (κ2) is 6.57. The molecule has 1 unspecified atom stereocenters. The van der Waals surface area contributed by atoms with Crippen molar-refractivity contribution in [3.63, 3.8) is 0 Å². The molecule has 1 aliphatic heterocycles. The summed E-state index contributed by atoms with van der Waals surface area (Å²) in [7, 11) is 0. The summed E-state index contributed by atoms with van der Waals surface area (Å²) in [6.07, 6.45) is 0.815. The van der Waals surface area contributed by atoms with Gasteiger partial charge < -0.3 is 20.6 Å². The Morgan fingerprint density at radius 1 is 1.38 bits per heavy atom. The number of carbonyl (C=O) groups excluding carboxylic acids is 2. The summed E-state index contributed by atoms with van der Waals surface area (Å²) in [6.45, 7) is 1.88. The molecule has 1 aromatic rings. The zero-order chi connectivity index (χ0) is 15.4. The molecular weight excluding hydrogens is 294 g/mol. The van der Waals surface area contributed by atoms with Gasteiger partial charge in [-0.1, -0.05) is 0 Å². The first-order valence-electron chi connectivity index (χ1n) is 6.58. The molecule has 114 valence electrons. The van der Waals surface area contributed by atoms with E-state index < -0.39 is 18.4 Å². The zero-order valence-corrected chi connectivity index (χ0v) is 12.4. The quantitative estimate of drug-likeness (QED) is 0.757. The highest BCUT2D eigenvalue weighted by molar-refractivity contribution is 7.10. The number of fused-ring (bicyclic) bond motifs is 1. The average Bonchev–Trinajstić information content (AvgIpc) is 2.92. The maximum absolute atomic E-state index is 12.1. The molecule has 0 saturated carbocycles. The molecule has 0 bridgehead atoms. The summed E-state index contributed by atoms with van der Waals surface area (Å²) < 4.78 is 0. The normalized spacial score (nSPS) is 17.0. The maximum Gasteiger partial charge on any atom is 0.322 e. The minimum absolute atomic E-state index is 0.0259. The second-order valence-corrected chi connectivity index (χ2v) is 5.75. The summed E-state index contributed by atoms with van der Waals surface area (Å²) in [5.74, 6) is -1.64. The number of hydrogen-bond acceptors (Lipinski definition) is 4. The van der Waals surface area contributed by atoms with Gasteiger partial charge in [0.2, 0.25) is 5.91 Å². The number of aliphatic carboxylic acids is 1. The second-order valence-electron chi connectivity index (χ2n) is 4.75. The van der Waals surface area contributed by atoms with Gasteiger partial charge in [-0.3, -0.25) is 9.59 Å². The molecule has 0 spiro atoms. The van der Waals surface area contributed by atoms with Crippen molar-refractivity contribution in [2.24, 2.45) is 0 Å². The fourth-order valence-corrected chi connectivity index (χ4v) is 3.24. The van der Waals surface area contributed by atoms with Crippen LogP contribution in [0.15, 0.2) is 11.4 Å². The van der Waals surface area contributed by atoms with Gasteiger partial charge in [0.25, 0.3) is 0 Å². The molecule has 1 atom stereocenters. The van der Waals surface area contributed by atoms with Gasteiger partial charge in [0, 0.05) is 11.4 Å². The molecule has 2 heterocycles. The summed E-state index contributed by atoms with van der Waals surface area (Å²) in [6, 6.07) is 1.68. The van der Waals surface area contributed by atoms with Crippen molar-refractivity contribution in [1.82, 2.24) is 15.5 Å². The van der Waals surface area contributed by atoms with Gasteiger partial charge in [-0.15, -0.1) is 11.3 Å². The van der Waals surface area contributed by atoms with Gasteiger partial charge in [-0.25, -0.2) is 4.79 Å². The van der Waals surface area contributed by atoms with Crippen LogP contribution in [0, 0.1) is 0 Å². The molecule has 1 aliphatic rings. The number of nitrogens with zero attached hydrogens (tertiary/aromatic N) is 1. The van der Waals surface area contributed by atoms with E-state index >= 15 is 0 Å². The molecule has 3 N–H and O–H groups in total. The molecule has 0 radical (unpaired) electrons. The number of carboxylic acid groups (broad SMARTS) is 1. The lowest BCUT2D eigenvalue weighted by Crippen LogP contribution is -2.47. The maximum atomic E-state index is 12.1. The standard InChI is InChI=1S/C13H17N3O4S/c1-8-9-3-5-21-10(9)2-4-16(8)13(20)15-6-11(17)14-7-12(18)19/h3,5,8H,2,4,6-7H2,1H3,(H,14,17)(H,15,20)(H,18,19). The molecule has 21 heavy (non-hydrogen) atoms. The molecule has 0 saturated heterocycles. The third-order valence-electron chi connectivity index (χ3n) is 3.38. The van der Waals surface area contributed by atoms with E-state index in [-0.39, 0.29) is 18.6 Å². The SMILES string of the molecule is CC1c2ccsc2CCN1C(=O)NCC(=O)NCC(=O)O. The number of thiophene rings is 1. The van der Waals surface area contributed by atoms with Crippen LogP contribution in [-0.4, -0.2) is 47.5 Å². The smallest absolute Gasteiger partial charge is 0.322 e. The van der Waals surface area contributed by atoms with Gasteiger partial charge >= 0.3 is 12.0 Å². The van der Waals surface area contributed by atoms with E-state index in [2.05, 4.69) is 10.6 Å². The Hall–Kier alpha value is -2.09. The minimum Gasteiger partial charge on any atom is -0.480 e. The zero-order valence-electron chi connectivity index (χ0n) is 11.6. The van der Waals surface area contributed by atoms with E-state index in [0.717, 1.165) is 12.0 Å². The Bertz CT molecular complexity index is 557. The van der Waals surface area contributed by atoms with E-state index in [0.29, 0.717) is 6.54 Å². The largest absolute Gasteiger partial charge is 0.480 e. The first-order chi connectivity index (χ1) is 9.99. The van der Waals surface area contributed by atoms with E-state index in [9.17, 15) is 14.4 Å². The highest BCUT2D eigenvalue weighted by Gasteiger charge is 2.28. The predicted molar refractivity (Wildman–Crippen MR) is 77.2 cm³/mol. The van der Waals surface area contributed by atoms with E-state index in [1.54, 1.807) is 16.2 Å². The molecule has 2 rings (SSSR count). The molecule has 1 aromatic heterocycles. The van der Waals surface area contributed by atoms with Crippen LogP contribution in [0.3, 0.4) is 0 Å². The van der Waals surface area contributed by atoms with Crippen molar-refractivity contribution >= 4 is 29.2 Å². The fourth-order valence-electron chi connectivity index (χ4n) is 2.28. The number of amides is 3. The lowest BCUT2D eigenvalue weighted by molar-refractivity contribution is -0.137. The van der Waals surface area contributed by atoms with Gasteiger partial charge in [-0.2, -0.15) is 0 Å². The van der Waals surface area contributed by atoms with Crippen LogP contribution < -0.4 is 10.6 Å². The number of urea groups is 1. The molecule has 3 amide bonds. The number of hydrogen-bond donors (Lipinski definition) is 3. The Labute approximate surface area is 125 Å². The number of nitrogens with one attached hydrogen (secondary N) is 2. The topological polar surface area (TPSA) is 98.7 Å². The Balaban J connectivity index is 1.84. The fraction of sp³-hybridized carbons (Fsp3) is 0.462. The molecule has 7 nitrogen and oxygen atoms in total. The van der Waals surface area contributed by atoms with Gasteiger partial charge in [0.1, 0.15) is 6.54 Å². The van der Waals surface area contributed by atoms with Gasteiger partial charge in [0.15, 0.2) is 0 Å². The van der Waals surface area contributed by atoms with Crippen molar-refractivity contribution in [3.05, 3.63) is 21.9 Å². The summed E-state index contributed by atoms with van der Waals surface area (Å²) >= 11 is 1.69. The van der Waals surface area contributed by atoms with Crippen LogP contribution in [0.2, 0.25) is 0 Å². The van der Waals surface area contributed by atoms with Crippen LogP contribution in [-0.2, 0) is 16.0 Å². The van der Waals surface area contributed by atoms with E-state index in [1.807, 2.05) is 18.4 Å². The molecule has 0 fully saturated rings.